The lowest BCUT2D eigenvalue weighted by Crippen LogP contribution is -2.24. The van der Waals surface area contributed by atoms with Crippen molar-refractivity contribution in [3.63, 3.8) is 0 Å². The zero-order chi connectivity index (χ0) is 19.0. The molecular weight excluding hydrogens is 373 g/mol. The molecule has 6 nitrogen and oxygen atoms in total. The van der Waals surface area contributed by atoms with Gasteiger partial charge in [0, 0.05) is 18.5 Å². The van der Waals surface area contributed by atoms with E-state index in [9.17, 15) is 9.18 Å². The Labute approximate surface area is 159 Å². The van der Waals surface area contributed by atoms with Gasteiger partial charge in [-0.3, -0.25) is 4.79 Å². The molecule has 1 saturated heterocycles. The van der Waals surface area contributed by atoms with Crippen LogP contribution < -0.4 is 9.64 Å². The molecule has 2 aromatic carbocycles. The number of rotatable bonds is 4. The second-order valence-corrected chi connectivity index (χ2v) is 6.60. The SMILES string of the molecule is COc1cccc(-c2noc(C3CC(=O)N(c4ccc(F)cc4Cl)C3)n2)c1. The van der Waals surface area contributed by atoms with Crippen LogP contribution in [0.25, 0.3) is 11.4 Å². The summed E-state index contributed by atoms with van der Waals surface area (Å²) in [7, 11) is 1.58. The Balaban J connectivity index is 1.57. The minimum Gasteiger partial charge on any atom is -0.497 e. The van der Waals surface area contributed by atoms with E-state index in [-0.39, 0.29) is 23.3 Å². The van der Waals surface area contributed by atoms with Gasteiger partial charge in [-0.25, -0.2) is 4.39 Å². The van der Waals surface area contributed by atoms with Crippen LogP contribution in [-0.4, -0.2) is 29.7 Å². The maximum absolute atomic E-state index is 13.3. The van der Waals surface area contributed by atoms with E-state index in [2.05, 4.69) is 10.1 Å². The molecule has 0 radical (unpaired) electrons. The van der Waals surface area contributed by atoms with Crippen LogP contribution >= 0.6 is 11.6 Å². The number of amides is 1. The number of nitrogens with zero attached hydrogens (tertiary/aromatic N) is 3. The Hall–Kier alpha value is -2.93. The standard InChI is InChI=1S/C19H15ClFN3O3/c1-26-14-4-2-3-11(7-14)18-22-19(27-23-18)12-8-17(25)24(10-12)16-6-5-13(21)9-15(16)20/h2-7,9,12H,8,10H2,1H3. The van der Waals surface area contributed by atoms with Crippen LogP contribution in [0.5, 0.6) is 5.75 Å². The summed E-state index contributed by atoms with van der Waals surface area (Å²) in [6, 6.07) is 11.3. The van der Waals surface area contributed by atoms with Crippen LogP contribution in [0, 0.1) is 5.82 Å². The highest BCUT2D eigenvalue weighted by Gasteiger charge is 2.36. The Bertz CT molecular complexity index is 1010. The monoisotopic (exact) mass is 387 g/mol. The van der Waals surface area contributed by atoms with Gasteiger partial charge in [-0.15, -0.1) is 0 Å². The quantitative estimate of drug-likeness (QED) is 0.675. The predicted octanol–water partition coefficient (Wildman–Crippen LogP) is 4.06. The van der Waals surface area contributed by atoms with Crippen molar-refractivity contribution in [1.82, 2.24) is 10.1 Å². The van der Waals surface area contributed by atoms with E-state index in [1.165, 1.54) is 23.1 Å². The van der Waals surface area contributed by atoms with Crippen molar-refractivity contribution in [2.24, 2.45) is 0 Å². The molecule has 1 aromatic heterocycles. The minimum absolute atomic E-state index is 0.130. The lowest BCUT2D eigenvalue weighted by Gasteiger charge is -2.17. The summed E-state index contributed by atoms with van der Waals surface area (Å²) in [6.45, 7) is 0.337. The van der Waals surface area contributed by atoms with Gasteiger partial charge in [-0.2, -0.15) is 4.98 Å². The number of hydrogen-bond acceptors (Lipinski definition) is 5. The van der Waals surface area contributed by atoms with Crippen molar-refractivity contribution in [1.29, 1.82) is 0 Å². The Kier molecular flexibility index (Phi) is 4.53. The van der Waals surface area contributed by atoms with Gasteiger partial charge in [0.15, 0.2) is 0 Å². The summed E-state index contributed by atoms with van der Waals surface area (Å²) in [5.41, 5.74) is 1.23. The molecule has 3 aromatic rings. The average Bonchev–Trinajstić information content (AvgIpc) is 3.29. The maximum Gasteiger partial charge on any atom is 0.232 e. The van der Waals surface area contributed by atoms with E-state index in [0.717, 1.165) is 5.56 Å². The van der Waals surface area contributed by atoms with E-state index in [1.54, 1.807) is 13.2 Å². The molecule has 27 heavy (non-hydrogen) atoms. The molecule has 0 N–H and O–H groups in total. The molecule has 4 rings (SSSR count). The first-order valence-corrected chi connectivity index (χ1v) is 8.66. The van der Waals surface area contributed by atoms with Gasteiger partial charge in [-0.1, -0.05) is 28.9 Å². The topological polar surface area (TPSA) is 68.5 Å². The number of benzene rings is 2. The van der Waals surface area contributed by atoms with Gasteiger partial charge in [0.1, 0.15) is 11.6 Å². The van der Waals surface area contributed by atoms with E-state index >= 15 is 0 Å². The summed E-state index contributed by atoms with van der Waals surface area (Å²) in [4.78, 5) is 18.4. The fourth-order valence-electron chi connectivity index (χ4n) is 3.09. The molecule has 1 amide bonds. The Morgan fingerprint density at radius 1 is 1.30 bits per heavy atom. The second kappa shape index (κ2) is 7.00. The van der Waals surface area contributed by atoms with Gasteiger partial charge >= 0.3 is 0 Å². The molecule has 1 fully saturated rings. The fourth-order valence-corrected chi connectivity index (χ4v) is 3.36. The Morgan fingerprint density at radius 3 is 2.93 bits per heavy atom. The fraction of sp³-hybridized carbons (Fsp3) is 0.211. The number of methoxy groups -OCH3 is 1. The number of hydrogen-bond donors (Lipinski definition) is 0. The molecule has 2 heterocycles. The third-order valence-corrected chi connectivity index (χ3v) is 4.75. The summed E-state index contributed by atoms with van der Waals surface area (Å²) < 4.78 is 23.8. The molecular formula is C19H15ClFN3O3. The second-order valence-electron chi connectivity index (χ2n) is 6.19. The molecule has 138 valence electrons. The highest BCUT2D eigenvalue weighted by Crippen LogP contribution is 2.35. The van der Waals surface area contributed by atoms with Crippen LogP contribution in [0.3, 0.4) is 0 Å². The van der Waals surface area contributed by atoms with Crippen molar-refractivity contribution in [2.45, 2.75) is 12.3 Å². The zero-order valence-corrected chi connectivity index (χ0v) is 15.1. The normalized spacial score (nSPS) is 16.8. The first-order valence-electron chi connectivity index (χ1n) is 8.28. The van der Waals surface area contributed by atoms with Crippen molar-refractivity contribution < 1.29 is 18.4 Å². The number of halogens is 2. The van der Waals surface area contributed by atoms with Crippen molar-refractivity contribution >= 4 is 23.2 Å². The van der Waals surface area contributed by atoms with E-state index in [1.807, 2.05) is 18.2 Å². The highest BCUT2D eigenvalue weighted by atomic mass is 35.5. The van der Waals surface area contributed by atoms with Crippen molar-refractivity contribution in [3.05, 3.63) is 59.2 Å². The number of ether oxygens (including phenoxy) is 1. The lowest BCUT2D eigenvalue weighted by molar-refractivity contribution is -0.117. The molecule has 8 heteroatoms. The summed E-state index contributed by atoms with van der Waals surface area (Å²) in [6.07, 6.45) is 0.216. The van der Waals surface area contributed by atoms with Crippen molar-refractivity contribution in [3.8, 4) is 17.1 Å². The summed E-state index contributed by atoms with van der Waals surface area (Å²) in [5, 5.41) is 4.20. The number of carbonyl (C=O) groups is 1. The molecule has 1 atom stereocenters. The number of anilines is 1. The molecule has 1 aliphatic heterocycles. The summed E-state index contributed by atoms with van der Waals surface area (Å²) in [5.74, 6) is 0.649. The minimum atomic E-state index is -0.452. The highest BCUT2D eigenvalue weighted by molar-refractivity contribution is 6.33. The molecule has 0 spiro atoms. The largest absolute Gasteiger partial charge is 0.497 e. The number of carbonyl (C=O) groups excluding carboxylic acids is 1. The maximum atomic E-state index is 13.3. The molecule has 0 saturated carbocycles. The van der Waals surface area contributed by atoms with E-state index in [0.29, 0.717) is 29.7 Å². The molecule has 0 aliphatic carbocycles. The van der Waals surface area contributed by atoms with Crippen LogP contribution in [-0.2, 0) is 4.79 Å². The first kappa shape index (κ1) is 17.5. The van der Waals surface area contributed by atoms with Crippen LogP contribution in [0.2, 0.25) is 5.02 Å². The lowest BCUT2D eigenvalue weighted by atomic mass is 10.1. The van der Waals surface area contributed by atoms with Gasteiger partial charge in [0.25, 0.3) is 0 Å². The van der Waals surface area contributed by atoms with Gasteiger partial charge in [0.05, 0.1) is 23.7 Å². The molecule has 1 unspecified atom stereocenters. The van der Waals surface area contributed by atoms with Crippen molar-refractivity contribution in [2.75, 3.05) is 18.6 Å². The summed E-state index contributed by atoms with van der Waals surface area (Å²) >= 11 is 6.08. The van der Waals surface area contributed by atoms with E-state index in [4.69, 9.17) is 20.9 Å². The zero-order valence-electron chi connectivity index (χ0n) is 14.4. The van der Waals surface area contributed by atoms with Crippen LogP contribution in [0.4, 0.5) is 10.1 Å². The van der Waals surface area contributed by atoms with Gasteiger partial charge < -0.3 is 14.2 Å². The van der Waals surface area contributed by atoms with Gasteiger partial charge in [0.2, 0.25) is 17.6 Å². The third-order valence-electron chi connectivity index (χ3n) is 4.44. The van der Waals surface area contributed by atoms with E-state index < -0.39 is 5.82 Å². The smallest absolute Gasteiger partial charge is 0.232 e. The Morgan fingerprint density at radius 2 is 2.15 bits per heavy atom. The third kappa shape index (κ3) is 3.38. The average molecular weight is 388 g/mol. The van der Waals surface area contributed by atoms with Crippen LogP contribution in [0.15, 0.2) is 47.0 Å². The number of aromatic nitrogens is 2. The predicted molar refractivity (Wildman–Crippen MR) is 97.4 cm³/mol. The molecule has 1 aliphatic rings. The van der Waals surface area contributed by atoms with Crippen LogP contribution in [0.1, 0.15) is 18.2 Å². The first-order chi connectivity index (χ1) is 13.0. The van der Waals surface area contributed by atoms with Gasteiger partial charge in [-0.05, 0) is 30.3 Å². The molecule has 0 bridgehead atoms.